The van der Waals surface area contributed by atoms with Gasteiger partial charge in [-0.25, -0.2) is 4.98 Å². The van der Waals surface area contributed by atoms with E-state index >= 15 is 0 Å². The molecule has 0 spiro atoms. The lowest BCUT2D eigenvalue weighted by molar-refractivity contribution is -0.394. The van der Waals surface area contributed by atoms with Crippen molar-refractivity contribution in [1.82, 2.24) is 4.98 Å². The molecule has 0 aliphatic rings. The molecule has 11 heteroatoms. The predicted octanol–water partition coefficient (Wildman–Crippen LogP) is 4.50. The molecule has 0 aliphatic carbocycles. The maximum Gasteiger partial charge on any atom is 0.279 e. The molecule has 30 heavy (non-hydrogen) atoms. The van der Waals surface area contributed by atoms with Gasteiger partial charge in [0.2, 0.25) is 0 Å². The lowest BCUT2D eigenvalue weighted by Gasteiger charge is -2.06. The van der Waals surface area contributed by atoms with Crippen molar-refractivity contribution in [2.24, 2.45) is 0 Å². The third kappa shape index (κ3) is 4.10. The Hall–Kier alpha value is -3.86. The molecule has 1 N–H and O–H groups in total. The number of hydrogen-bond donors (Lipinski definition) is 1. The molecular weight excluding hydrogens is 412 g/mol. The van der Waals surface area contributed by atoms with Crippen molar-refractivity contribution in [3.63, 3.8) is 0 Å². The van der Waals surface area contributed by atoms with Crippen LogP contribution in [0.3, 0.4) is 0 Å². The number of carbonyl (C=O) groups is 1. The van der Waals surface area contributed by atoms with E-state index < -0.39 is 27.1 Å². The minimum absolute atomic E-state index is 0.0340. The van der Waals surface area contributed by atoms with Gasteiger partial charge in [-0.1, -0.05) is 0 Å². The number of non-ortho nitro benzene ring substituents is 1. The SMILES string of the molecule is COc1ccc(-c2nc(NC(=O)c3cc([N+](=O)[O-])cc([N+](=O)[O-])c3C)sc2C)cc1. The van der Waals surface area contributed by atoms with E-state index in [2.05, 4.69) is 10.3 Å². The number of methoxy groups -OCH3 is 1. The van der Waals surface area contributed by atoms with E-state index in [-0.39, 0.29) is 16.3 Å². The zero-order chi connectivity index (χ0) is 22.0. The highest BCUT2D eigenvalue weighted by atomic mass is 32.1. The molecule has 3 aromatic rings. The van der Waals surface area contributed by atoms with E-state index in [9.17, 15) is 25.0 Å². The first-order valence-electron chi connectivity index (χ1n) is 8.58. The Morgan fingerprint density at radius 2 is 1.77 bits per heavy atom. The van der Waals surface area contributed by atoms with Crippen molar-refractivity contribution in [2.75, 3.05) is 12.4 Å². The summed E-state index contributed by atoms with van der Waals surface area (Å²) in [6.07, 6.45) is 0. The fourth-order valence-corrected chi connectivity index (χ4v) is 3.68. The predicted molar refractivity (Wildman–Crippen MR) is 111 cm³/mol. The Bertz CT molecular complexity index is 1160. The average Bonchev–Trinajstić information content (AvgIpc) is 3.07. The minimum Gasteiger partial charge on any atom is -0.497 e. The van der Waals surface area contributed by atoms with Crippen LogP contribution in [0.2, 0.25) is 0 Å². The van der Waals surface area contributed by atoms with Crippen molar-refractivity contribution in [2.45, 2.75) is 13.8 Å². The van der Waals surface area contributed by atoms with Crippen molar-refractivity contribution < 1.29 is 19.4 Å². The van der Waals surface area contributed by atoms with Gasteiger partial charge < -0.3 is 4.74 Å². The number of carbonyl (C=O) groups excluding carboxylic acids is 1. The lowest BCUT2D eigenvalue weighted by atomic mass is 10.0. The maximum atomic E-state index is 12.7. The number of nitrogens with one attached hydrogen (secondary N) is 1. The molecule has 1 amide bonds. The molecule has 0 saturated heterocycles. The maximum absolute atomic E-state index is 12.7. The van der Waals surface area contributed by atoms with Crippen LogP contribution < -0.4 is 10.1 Å². The fourth-order valence-electron chi connectivity index (χ4n) is 2.85. The number of aromatic nitrogens is 1. The number of ether oxygens (including phenoxy) is 1. The second-order valence-electron chi connectivity index (χ2n) is 6.26. The molecule has 0 bridgehead atoms. The summed E-state index contributed by atoms with van der Waals surface area (Å²) in [4.78, 5) is 38.8. The van der Waals surface area contributed by atoms with Crippen molar-refractivity contribution >= 4 is 33.8 Å². The van der Waals surface area contributed by atoms with Crippen molar-refractivity contribution in [3.05, 3.63) is 72.6 Å². The molecule has 0 aliphatic heterocycles. The van der Waals surface area contributed by atoms with Crippen LogP contribution in [0.4, 0.5) is 16.5 Å². The molecule has 0 unspecified atom stereocenters. The highest BCUT2D eigenvalue weighted by molar-refractivity contribution is 7.16. The van der Waals surface area contributed by atoms with Crippen molar-refractivity contribution in [1.29, 1.82) is 0 Å². The largest absolute Gasteiger partial charge is 0.497 e. The van der Waals surface area contributed by atoms with Crippen LogP contribution >= 0.6 is 11.3 Å². The van der Waals surface area contributed by atoms with Gasteiger partial charge in [-0.3, -0.25) is 30.3 Å². The highest BCUT2D eigenvalue weighted by Gasteiger charge is 2.25. The summed E-state index contributed by atoms with van der Waals surface area (Å²) in [6, 6.07) is 9.10. The molecule has 154 valence electrons. The summed E-state index contributed by atoms with van der Waals surface area (Å²) in [5.41, 5.74) is 0.337. The normalized spacial score (nSPS) is 10.5. The van der Waals surface area contributed by atoms with Crippen molar-refractivity contribution in [3.8, 4) is 17.0 Å². The van der Waals surface area contributed by atoms with Gasteiger partial charge in [0.25, 0.3) is 17.3 Å². The summed E-state index contributed by atoms with van der Waals surface area (Å²) >= 11 is 1.23. The number of nitrogens with zero attached hydrogens (tertiary/aromatic N) is 3. The van der Waals surface area contributed by atoms with E-state index in [0.29, 0.717) is 11.4 Å². The quantitative estimate of drug-likeness (QED) is 0.450. The number of nitro benzene ring substituents is 2. The third-order valence-corrected chi connectivity index (χ3v) is 5.28. The van der Waals surface area contributed by atoms with Crippen LogP contribution in [0.1, 0.15) is 20.8 Å². The molecule has 0 saturated carbocycles. The number of nitro groups is 2. The van der Waals surface area contributed by atoms with Crippen LogP contribution in [0.5, 0.6) is 5.75 Å². The van der Waals surface area contributed by atoms with Gasteiger partial charge in [0.05, 0.1) is 34.3 Å². The van der Waals surface area contributed by atoms with Gasteiger partial charge in [0, 0.05) is 22.1 Å². The molecule has 2 aromatic carbocycles. The van der Waals surface area contributed by atoms with Gasteiger partial charge in [-0.15, -0.1) is 11.3 Å². The topological polar surface area (TPSA) is 138 Å². The van der Waals surface area contributed by atoms with Gasteiger partial charge in [0.15, 0.2) is 5.13 Å². The molecule has 0 atom stereocenters. The molecule has 0 fully saturated rings. The van der Waals surface area contributed by atoms with E-state index in [1.165, 1.54) is 18.3 Å². The molecule has 0 radical (unpaired) electrons. The molecule has 10 nitrogen and oxygen atoms in total. The van der Waals surface area contributed by atoms with Gasteiger partial charge >= 0.3 is 0 Å². The van der Waals surface area contributed by atoms with Gasteiger partial charge in [-0.2, -0.15) is 0 Å². The van der Waals surface area contributed by atoms with Crippen LogP contribution in [0.15, 0.2) is 36.4 Å². The smallest absolute Gasteiger partial charge is 0.279 e. The first-order valence-corrected chi connectivity index (χ1v) is 9.39. The lowest BCUT2D eigenvalue weighted by Crippen LogP contribution is -2.14. The Morgan fingerprint density at radius 1 is 1.10 bits per heavy atom. The van der Waals surface area contributed by atoms with Crippen LogP contribution in [0, 0.1) is 34.1 Å². The first-order chi connectivity index (χ1) is 14.2. The number of hydrogen-bond acceptors (Lipinski definition) is 8. The number of aryl methyl sites for hydroxylation is 1. The van der Waals surface area contributed by atoms with E-state index in [1.54, 1.807) is 19.2 Å². The minimum atomic E-state index is -0.779. The van der Waals surface area contributed by atoms with Gasteiger partial charge in [-0.05, 0) is 38.1 Å². The molecule has 1 heterocycles. The monoisotopic (exact) mass is 428 g/mol. The second kappa shape index (κ2) is 8.25. The Labute approximate surface area is 174 Å². The number of rotatable bonds is 6. The molecule has 1 aromatic heterocycles. The Kier molecular flexibility index (Phi) is 5.74. The summed E-state index contributed by atoms with van der Waals surface area (Å²) in [5, 5.41) is 25.2. The first kappa shape index (κ1) is 20.9. The zero-order valence-corrected chi connectivity index (χ0v) is 17.0. The average molecular weight is 428 g/mol. The molecule has 3 rings (SSSR count). The van der Waals surface area contributed by atoms with E-state index in [1.807, 2.05) is 19.1 Å². The number of anilines is 1. The Balaban J connectivity index is 1.93. The van der Waals surface area contributed by atoms with E-state index in [0.717, 1.165) is 22.6 Å². The fraction of sp³-hybridized carbons (Fsp3) is 0.158. The van der Waals surface area contributed by atoms with Crippen LogP contribution in [-0.2, 0) is 0 Å². The van der Waals surface area contributed by atoms with Crippen LogP contribution in [-0.4, -0.2) is 27.8 Å². The zero-order valence-electron chi connectivity index (χ0n) is 16.2. The third-order valence-electron chi connectivity index (χ3n) is 4.40. The van der Waals surface area contributed by atoms with Gasteiger partial charge in [0.1, 0.15) is 5.75 Å². The second-order valence-corrected chi connectivity index (χ2v) is 7.46. The van der Waals surface area contributed by atoms with E-state index in [4.69, 9.17) is 4.74 Å². The standard InChI is InChI=1S/C19H16N4O6S/c1-10-15(8-13(22(25)26)9-16(10)23(27)28)18(24)21-19-20-17(11(2)30-19)12-4-6-14(29-3)7-5-12/h4-9H,1-3H3,(H,20,21,24). The highest BCUT2D eigenvalue weighted by Crippen LogP contribution is 2.33. The molecular formula is C19H16N4O6S. The summed E-state index contributed by atoms with van der Waals surface area (Å²) in [6.45, 7) is 3.21. The van der Waals surface area contributed by atoms with Crippen LogP contribution in [0.25, 0.3) is 11.3 Å². The summed E-state index contributed by atoms with van der Waals surface area (Å²) < 4.78 is 5.14. The summed E-state index contributed by atoms with van der Waals surface area (Å²) in [7, 11) is 1.57. The number of amides is 1. The Morgan fingerprint density at radius 3 is 2.33 bits per heavy atom. The number of benzene rings is 2. The number of thiazole rings is 1. The summed E-state index contributed by atoms with van der Waals surface area (Å²) in [5.74, 6) is -0.0165.